The van der Waals surface area contributed by atoms with Crippen LogP contribution < -0.4 is 5.32 Å². The van der Waals surface area contributed by atoms with Crippen LogP contribution in [0.3, 0.4) is 0 Å². The highest BCUT2D eigenvalue weighted by Gasteiger charge is 2.35. The summed E-state index contributed by atoms with van der Waals surface area (Å²) < 4.78 is 23.4. The molecule has 18 heavy (non-hydrogen) atoms. The van der Waals surface area contributed by atoms with Crippen LogP contribution in [0.4, 0.5) is 0 Å². The minimum absolute atomic E-state index is 0.0528. The number of sulfone groups is 1. The van der Waals surface area contributed by atoms with Crippen LogP contribution in [0.2, 0.25) is 0 Å². The first-order valence-corrected chi connectivity index (χ1v) is 8.30. The molecule has 1 heterocycles. The second-order valence-electron chi connectivity index (χ2n) is 5.05. The summed E-state index contributed by atoms with van der Waals surface area (Å²) in [7, 11) is -2.96. The average molecular weight is 268 g/mol. The lowest BCUT2D eigenvalue weighted by molar-refractivity contribution is 0.450. The van der Waals surface area contributed by atoms with Crippen molar-refractivity contribution in [2.24, 2.45) is 0 Å². The van der Waals surface area contributed by atoms with Gasteiger partial charge in [0.25, 0.3) is 0 Å². The van der Waals surface area contributed by atoms with Gasteiger partial charge >= 0.3 is 0 Å². The third-order valence-electron chi connectivity index (χ3n) is 3.60. The van der Waals surface area contributed by atoms with Gasteiger partial charge in [0, 0.05) is 24.5 Å². The average Bonchev–Trinajstić information content (AvgIpc) is 2.78. The van der Waals surface area contributed by atoms with Crippen molar-refractivity contribution in [2.45, 2.75) is 43.5 Å². The number of rotatable bonds is 4. The summed E-state index contributed by atoms with van der Waals surface area (Å²) in [5, 5.41) is 3.16. The van der Waals surface area contributed by atoms with Crippen molar-refractivity contribution in [1.29, 1.82) is 0 Å². The molecular formula is C13H20N2O2S. The first-order valence-electron chi connectivity index (χ1n) is 6.34. The molecule has 3 atom stereocenters. The highest BCUT2D eigenvalue weighted by Crippen LogP contribution is 2.27. The molecule has 1 aliphatic carbocycles. The second-order valence-corrected chi connectivity index (χ2v) is 7.31. The van der Waals surface area contributed by atoms with E-state index in [1.165, 1.54) is 6.26 Å². The van der Waals surface area contributed by atoms with Gasteiger partial charge in [-0.25, -0.2) is 8.42 Å². The Hall–Kier alpha value is -0.940. The van der Waals surface area contributed by atoms with E-state index in [1.807, 2.05) is 25.1 Å². The quantitative estimate of drug-likeness (QED) is 0.903. The molecule has 0 aromatic carbocycles. The van der Waals surface area contributed by atoms with Crippen molar-refractivity contribution < 1.29 is 8.42 Å². The first-order chi connectivity index (χ1) is 8.48. The van der Waals surface area contributed by atoms with Gasteiger partial charge in [0.1, 0.15) is 0 Å². The molecule has 0 bridgehead atoms. The fraction of sp³-hybridized carbons (Fsp3) is 0.615. The fourth-order valence-electron chi connectivity index (χ4n) is 2.67. The van der Waals surface area contributed by atoms with Gasteiger partial charge in [-0.15, -0.1) is 0 Å². The van der Waals surface area contributed by atoms with E-state index in [9.17, 15) is 8.42 Å². The minimum Gasteiger partial charge on any atom is -0.305 e. The van der Waals surface area contributed by atoms with Gasteiger partial charge in [-0.3, -0.25) is 4.98 Å². The van der Waals surface area contributed by atoms with E-state index < -0.39 is 9.84 Å². The number of hydrogen-bond donors (Lipinski definition) is 1. The smallest absolute Gasteiger partial charge is 0.151 e. The number of nitrogens with one attached hydrogen (secondary N) is 1. The maximum absolute atomic E-state index is 11.7. The lowest BCUT2D eigenvalue weighted by atomic mass is 10.1. The van der Waals surface area contributed by atoms with Crippen molar-refractivity contribution >= 4 is 9.84 Å². The molecule has 5 heteroatoms. The summed E-state index contributed by atoms with van der Waals surface area (Å²) in [5.41, 5.74) is 0.955. The van der Waals surface area contributed by atoms with Gasteiger partial charge in [-0.2, -0.15) is 0 Å². The SMILES string of the molecule is CC(NC1CCCC1S(C)(=O)=O)c1ccccn1. The van der Waals surface area contributed by atoms with Crippen molar-refractivity contribution in [2.75, 3.05) is 6.26 Å². The van der Waals surface area contributed by atoms with E-state index in [-0.39, 0.29) is 17.3 Å². The molecule has 0 saturated heterocycles. The highest BCUT2D eigenvalue weighted by molar-refractivity contribution is 7.91. The van der Waals surface area contributed by atoms with E-state index in [2.05, 4.69) is 10.3 Å². The monoisotopic (exact) mass is 268 g/mol. The Morgan fingerprint density at radius 2 is 2.17 bits per heavy atom. The standard InChI is InChI=1S/C13H20N2O2S/c1-10(11-6-3-4-9-14-11)15-12-7-5-8-13(12)18(2,16)17/h3-4,6,9-10,12-13,15H,5,7-8H2,1-2H3. The van der Waals surface area contributed by atoms with Gasteiger partial charge in [0.05, 0.1) is 10.9 Å². The molecule has 1 fully saturated rings. The highest BCUT2D eigenvalue weighted by atomic mass is 32.2. The van der Waals surface area contributed by atoms with Crippen molar-refractivity contribution in [3.8, 4) is 0 Å². The molecule has 100 valence electrons. The van der Waals surface area contributed by atoms with Crippen LogP contribution in [0.5, 0.6) is 0 Å². The van der Waals surface area contributed by atoms with Gasteiger partial charge in [0.15, 0.2) is 9.84 Å². The van der Waals surface area contributed by atoms with Gasteiger partial charge < -0.3 is 5.32 Å². The molecule has 1 aromatic heterocycles. The third kappa shape index (κ3) is 3.09. The molecule has 1 aromatic rings. The molecule has 1 N–H and O–H groups in total. The maximum Gasteiger partial charge on any atom is 0.151 e. The molecule has 0 aliphatic heterocycles. The Kier molecular flexibility index (Phi) is 4.02. The minimum atomic E-state index is -2.96. The molecule has 3 unspecified atom stereocenters. The van der Waals surface area contributed by atoms with E-state index in [0.29, 0.717) is 0 Å². The molecule has 0 spiro atoms. The molecule has 1 saturated carbocycles. The predicted octanol–water partition coefficient (Wildman–Crippen LogP) is 1.70. The zero-order chi connectivity index (χ0) is 13.2. The summed E-state index contributed by atoms with van der Waals surface area (Å²) in [6.45, 7) is 2.03. The van der Waals surface area contributed by atoms with Gasteiger partial charge in [-0.05, 0) is 31.9 Å². The van der Waals surface area contributed by atoms with E-state index >= 15 is 0 Å². The second kappa shape index (κ2) is 5.36. The van der Waals surface area contributed by atoms with Crippen LogP contribution >= 0.6 is 0 Å². The molecule has 1 aliphatic rings. The Bertz CT molecular complexity index is 487. The summed E-state index contributed by atoms with van der Waals surface area (Å²) in [4.78, 5) is 4.30. The zero-order valence-corrected chi connectivity index (χ0v) is 11.7. The van der Waals surface area contributed by atoms with Crippen LogP contribution in [-0.4, -0.2) is 30.9 Å². The normalized spacial score (nSPS) is 26.1. The van der Waals surface area contributed by atoms with Crippen LogP contribution in [-0.2, 0) is 9.84 Å². The number of nitrogens with zero attached hydrogens (tertiary/aromatic N) is 1. The van der Waals surface area contributed by atoms with Crippen molar-refractivity contribution in [1.82, 2.24) is 10.3 Å². The Morgan fingerprint density at radius 1 is 1.39 bits per heavy atom. The maximum atomic E-state index is 11.7. The number of hydrogen-bond acceptors (Lipinski definition) is 4. The van der Waals surface area contributed by atoms with E-state index in [1.54, 1.807) is 6.20 Å². The first kappa shape index (κ1) is 13.5. The Labute approximate surface area is 109 Å². The third-order valence-corrected chi connectivity index (χ3v) is 5.26. The summed E-state index contributed by atoms with van der Waals surface area (Å²) in [6.07, 6.45) is 5.77. The van der Waals surface area contributed by atoms with E-state index in [0.717, 1.165) is 25.0 Å². The van der Waals surface area contributed by atoms with Crippen LogP contribution in [0.1, 0.15) is 37.9 Å². The molecule has 0 radical (unpaired) electrons. The molecule has 2 rings (SSSR count). The van der Waals surface area contributed by atoms with Crippen LogP contribution in [0.25, 0.3) is 0 Å². The molecular weight excluding hydrogens is 248 g/mol. The lowest BCUT2D eigenvalue weighted by Gasteiger charge is -2.23. The number of pyridine rings is 1. The van der Waals surface area contributed by atoms with Crippen molar-refractivity contribution in [3.63, 3.8) is 0 Å². The number of aromatic nitrogens is 1. The van der Waals surface area contributed by atoms with Crippen LogP contribution in [0.15, 0.2) is 24.4 Å². The predicted molar refractivity (Wildman–Crippen MR) is 72.1 cm³/mol. The Balaban J connectivity index is 2.05. The molecule has 0 amide bonds. The van der Waals surface area contributed by atoms with Gasteiger partial charge in [-0.1, -0.05) is 12.5 Å². The molecule has 4 nitrogen and oxygen atoms in total. The van der Waals surface area contributed by atoms with E-state index in [4.69, 9.17) is 0 Å². The van der Waals surface area contributed by atoms with Crippen molar-refractivity contribution in [3.05, 3.63) is 30.1 Å². The topological polar surface area (TPSA) is 59.1 Å². The Morgan fingerprint density at radius 3 is 2.78 bits per heavy atom. The lowest BCUT2D eigenvalue weighted by Crippen LogP contribution is -2.41. The summed E-state index contributed by atoms with van der Waals surface area (Å²) >= 11 is 0. The largest absolute Gasteiger partial charge is 0.305 e. The summed E-state index contributed by atoms with van der Waals surface area (Å²) in [5.74, 6) is 0. The van der Waals surface area contributed by atoms with Gasteiger partial charge in [0.2, 0.25) is 0 Å². The summed E-state index contributed by atoms with van der Waals surface area (Å²) in [6, 6.07) is 5.92. The zero-order valence-electron chi connectivity index (χ0n) is 10.8. The fourth-order valence-corrected chi connectivity index (χ4v) is 4.07. The van der Waals surface area contributed by atoms with Crippen LogP contribution in [0, 0.1) is 0 Å².